The van der Waals surface area contributed by atoms with Crippen molar-refractivity contribution < 1.29 is 14.5 Å². The van der Waals surface area contributed by atoms with Gasteiger partial charge in [-0.2, -0.15) is 0 Å². The summed E-state index contributed by atoms with van der Waals surface area (Å²) in [5.41, 5.74) is 3.64. The second-order valence-electron chi connectivity index (χ2n) is 6.31. The molecule has 0 saturated carbocycles. The molecule has 5 heteroatoms. The maximum Gasteiger partial charge on any atom is 0.270 e. The van der Waals surface area contributed by atoms with Crippen LogP contribution < -0.4 is 0 Å². The summed E-state index contributed by atoms with van der Waals surface area (Å²) < 4.78 is 0. The van der Waals surface area contributed by atoms with Crippen molar-refractivity contribution in [2.75, 3.05) is 0 Å². The number of rotatable bonds is 1. The van der Waals surface area contributed by atoms with Crippen molar-refractivity contribution >= 4 is 17.3 Å². The standard InChI is InChI=1S/C10H9NO3.C10H10O/c12-10-3-1-2-7-4-5-8(11(13)14)6-9(7)10;11-10-7-3-5-8-4-1-2-6-9(8)10/h4-6H,1-3H2;1-2,4,6H,3,5,7H2. The fourth-order valence-corrected chi connectivity index (χ4v) is 3.31. The lowest BCUT2D eigenvalue weighted by atomic mass is 9.90. The number of nitro groups is 1. The van der Waals surface area contributed by atoms with Crippen LogP contribution in [-0.2, 0) is 12.8 Å². The van der Waals surface area contributed by atoms with Gasteiger partial charge >= 0.3 is 0 Å². The molecule has 25 heavy (non-hydrogen) atoms. The highest BCUT2D eigenvalue weighted by molar-refractivity contribution is 5.99. The van der Waals surface area contributed by atoms with Gasteiger partial charge in [0, 0.05) is 36.1 Å². The zero-order valence-electron chi connectivity index (χ0n) is 13.9. The number of Topliss-reactive ketones (excluding diaryl/α,β-unsaturated/α-hetero) is 2. The van der Waals surface area contributed by atoms with Crippen molar-refractivity contribution in [3.05, 3.63) is 74.8 Å². The monoisotopic (exact) mass is 337 g/mol. The highest BCUT2D eigenvalue weighted by Gasteiger charge is 2.19. The van der Waals surface area contributed by atoms with Gasteiger partial charge in [-0.25, -0.2) is 0 Å². The van der Waals surface area contributed by atoms with Gasteiger partial charge < -0.3 is 0 Å². The molecule has 0 atom stereocenters. The number of ketones is 2. The SMILES string of the molecule is O=C1CCCc2ccc([N+](=O)[O-])cc21.O=C1CCCc2ccccc21. The molecule has 2 aromatic rings. The smallest absolute Gasteiger partial charge is 0.270 e. The number of hydrogen-bond donors (Lipinski definition) is 0. The van der Waals surface area contributed by atoms with Crippen LogP contribution in [-0.4, -0.2) is 16.5 Å². The van der Waals surface area contributed by atoms with E-state index < -0.39 is 4.92 Å². The van der Waals surface area contributed by atoms with Crippen molar-refractivity contribution in [2.24, 2.45) is 0 Å². The molecule has 0 aromatic heterocycles. The minimum atomic E-state index is -0.470. The number of carbonyl (C=O) groups is 2. The average Bonchev–Trinajstić information content (AvgIpc) is 2.63. The first-order valence-corrected chi connectivity index (χ1v) is 8.48. The average molecular weight is 337 g/mol. The maximum absolute atomic E-state index is 11.4. The Kier molecular flexibility index (Phi) is 5.03. The molecule has 0 fully saturated rings. The van der Waals surface area contributed by atoms with Crippen molar-refractivity contribution in [3.63, 3.8) is 0 Å². The molecule has 0 saturated heterocycles. The van der Waals surface area contributed by atoms with Crippen LogP contribution in [0.15, 0.2) is 42.5 Å². The zero-order valence-corrected chi connectivity index (χ0v) is 13.9. The van der Waals surface area contributed by atoms with Gasteiger partial charge in [0.1, 0.15) is 0 Å². The van der Waals surface area contributed by atoms with E-state index in [1.54, 1.807) is 6.07 Å². The van der Waals surface area contributed by atoms with E-state index in [9.17, 15) is 19.7 Å². The van der Waals surface area contributed by atoms with Crippen LogP contribution in [0.2, 0.25) is 0 Å². The molecule has 2 aromatic carbocycles. The summed E-state index contributed by atoms with van der Waals surface area (Å²) in [6, 6.07) is 12.4. The summed E-state index contributed by atoms with van der Waals surface area (Å²) in [6.07, 6.45) is 5.03. The van der Waals surface area contributed by atoms with Gasteiger partial charge in [0.05, 0.1) is 4.92 Å². The zero-order chi connectivity index (χ0) is 17.8. The van der Waals surface area contributed by atoms with Crippen LogP contribution in [0.25, 0.3) is 0 Å². The first-order valence-electron chi connectivity index (χ1n) is 8.48. The lowest BCUT2D eigenvalue weighted by Gasteiger charge is -2.13. The van der Waals surface area contributed by atoms with Crippen LogP contribution in [0.4, 0.5) is 5.69 Å². The molecule has 0 aliphatic heterocycles. The molecular weight excluding hydrogens is 318 g/mol. The summed E-state index contributed by atoms with van der Waals surface area (Å²) in [6.45, 7) is 0. The van der Waals surface area contributed by atoms with E-state index in [-0.39, 0.29) is 11.5 Å². The Balaban J connectivity index is 0.000000150. The molecule has 4 rings (SSSR count). The van der Waals surface area contributed by atoms with Crippen molar-refractivity contribution in [3.8, 4) is 0 Å². The second-order valence-corrected chi connectivity index (χ2v) is 6.31. The molecule has 2 aliphatic rings. The summed E-state index contributed by atoms with van der Waals surface area (Å²) in [5, 5.41) is 10.5. The van der Waals surface area contributed by atoms with E-state index in [0.717, 1.165) is 43.2 Å². The minimum Gasteiger partial charge on any atom is -0.294 e. The van der Waals surface area contributed by atoms with Crippen LogP contribution in [0.1, 0.15) is 57.5 Å². The Morgan fingerprint density at radius 1 is 0.760 bits per heavy atom. The number of carbonyl (C=O) groups excluding carboxylic acids is 2. The van der Waals surface area contributed by atoms with E-state index in [0.29, 0.717) is 17.8 Å². The van der Waals surface area contributed by atoms with E-state index in [2.05, 4.69) is 0 Å². The summed E-state index contributed by atoms with van der Waals surface area (Å²) in [4.78, 5) is 32.7. The molecule has 128 valence electrons. The van der Waals surface area contributed by atoms with Crippen LogP contribution >= 0.6 is 0 Å². The molecule has 0 N–H and O–H groups in total. The fraction of sp³-hybridized carbons (Fsp3) is 0.300. The van der Waals surface area contributed by atoms with Crippen LogP contribution in [0, 0.1) is 10.1 Å². The highest BCUT2D eigenvalue weighted by atomic mass is 16.6. The van der Waals surface area contributed by atoms with Crippen molar-refractivity contribution in [1.29, 1.82) is 0 Å². The molecule has 0 heterocycles. The van der Waals surface area contributed by atoms with Gasteiger partial charge in [-0.15, -0.1) is 0 Å². The van der Waals surface area contributed by atoms with Gasteiger partial charge in [0.25, 0.3) is 5.69 Å². The molecule has 0 bridgehead atoms. The Bertz CT molecular complexity index is 841. The number of fused-ring (bicyclic) bond motifs is 2. The maximum atomic E-state index is 11.4. The predicted octanol–water partition coefficient (Wildman–Crippen LogP) is 4.32. The topological polar surface area (TPSA) is 77.3 Å². The van der Waals surface area contributed by atoms with Gasteiger partial charge in [-0.1, -0.05) is 30.3 Å². The third kappa shape index (κ3) is 3.82. The van der Waals surface area contributed by atoms with Gasteiger partial charge in [0.15, 0.2) is 11.6 Å². The third-order valence-electron chi connectivity index (χ3n) is 4.62. The number of aryl methyl sites for hydroxylation is 2. The number of benzene rings is 2. The van der Waals surface area contributed by atoms with E-state index in [1.807, 2.05) is 24.3 Å². The predicted molar refractivity (Wildman–Crippen MR) is 94.1 cm³/mol. The lowest BCUT2D eigenvalue weighted by Crippen LogP contribution is -2.10. The number of hydrogen-bond acceptors (Lipinski definition) is 4. The van der Waals surface area contributed by atoms with Gasteiger partial charge in [0.2, 0.25) is 0 Å². The largest absolute Gasteiger partial charge is 0.294 e. The lowest BCUT2D eigenvalue weighted by molar-refractivity contribution is -0.384. The Hall–Kier alpha value is -2.82. The molecule has 0 spiro atoms. The molecule has 0 unspecified atom stereocenters. The number of nitro benzene ring substituents is 1. The van der Waals surface area contributed by atoms with Gasteiger partial charge in [-0.05, 0) is 36.8 Å². The van der Waals surface area contributed by atoms with E-state index >= 15 is 0 Å². The van der Waals surface area contributed by atoms with E-state index in [4.69, 9.17) is 0 Å². The highest BCUT2D eigenvalue weighted by Crippen LogP contribution is 2.25. The first-order chi connectivity index (χ1) is 12.1. The summed E-state index contributed by atoms with van der Waals surface area (Å²) in [5.74, 6) is 0.335. The Labute approximate surface area is 145 Å². The molecular formula is C20H19NO4. The fourth-order valence-electron chi connectivity index (χ4n) is 3.31. The molecule has 0 radical (unpaired) electrons. The summed E-state index contributed by atoms with van der Waals surface area (Å²) >= 11 is 0. The minimum absolute atomic E-state index is 0.000926. The van der Waals surface area contributed by atoms with Crippen molar-refractivity contribution in [2.45, 2.75) is 38.5 Å². The van der Waals surface area contributed by atoms with Gasteiger partial charge in [-0.3, -0.25) is 19.7 Å². The van der Waals surface area contributed by atoms with Crippen molar-refractivity contribution in [1.82, 2.24) is 0 Å². The second kappa shape index (κ2) is 7.38. The van der Waals surface area contributed by atoms with Crippen LogP contribution in [0.5, 0.6) is 0 Å². The Morgan fingerprint density at radius 2 is 1.36 bits per heavy atom. The third-order valence-corrected chi connectivity index (χ3v) is 4.62. The normalized spacial score (nSPS) is 15.5. The Morgan fingerprint density at radius 3 is 2.00 bits per heavy atom. The molecule has 0 amide bonds. The van der Waals surface area contributed by atoms with E-state index in [1.165, 1.54) is 17.7 Å². The number of nitrogens with zero attached hydrogens (tertiary/aromatic N) is 1. The van der Waals surface area contributed by atoms with Crippen LogP contribution in [0.3, 0.4) is 0 Å². The molecule has 5 nitrogen and oxygen atoms in total. The first kappa shape index (κ1) is 17.0. The number of non-ortho nitro benzene ring substituents is 1. The summed E-state index contributed by atoms with van der Waals surface area (Å²) in [7, 11) is 0. The molecule has 2 aliphatic carbocycles. The quantitative estimate of drug-likeness (QED) is 0.573.